The summed E-state index contributed by atoms with van der Waals surface area (Å²) in [7, 11) is 0. The summed E-state index contributed by atoms with van der Waals surface area (Å²) in [5.41, 5.74) is 7.41. The van der Waals surface area contributed by atoms with E-state index < -0.39 is 0 Å². The van der Waals surface area contributed by atoms with Crippen LogP contribution in [0.15, 0.2) is 30.3 Å². The van der Waals surface area contributed by atoms with Crippen molar-refractivity contribution in [2.75, 3.05) is 0 Å². The Labute approximate surface area is 162 Å². The molecule has 3 heteroatoms. The minimum absolute atomic E-state index is 0. The number of imidazole rings is 1. The van der Waals surface area contributed by atoms with Crippen LogP contribution < -0.4 is 0 Å². The first kappa shape index (κ1) is 18.1. The van der Waals surface area contributed by atoms with Gasteiger partial charge in [0.15, 0.2) is 0 Å². The number of pyridine rings is 1. The van der Waals surface area contributed by atoms with Gasteiger partial charge in [0.05, 0.1) is 5.65 Å². The Hall–Kier alpha value is -1.70. The summed E-state index contributed by atoms with van der Waals surface area (Å²) < 4.78 is 2.37. The first-order chi connectivity index (χ1) is 11.5. The van der Waals surface area contributed by atoms with Crippen LogP contribution >= 0.6 is 0 Å². The van der Waals surface area contributed by atoms with E-state index in [9.17, 15) is 0 Å². The first-order valence-electron chi connectivity index (χ1n) is 8.68. The van der Waals surface area contributed by atoms with E-state index >= 15 is 0 Å². The van der Waals surface area contributed by atoms with E-state index in [1.54, 1.807) is 0 Å². The molecule has 4 rings (SSSR count). The zero-order chi connectivity index (χ0) is 17.0. The normalized spacial score (nSPS) is 11.6. The van der Waals surface area contributed by atoms with Crippen molar-refractivity contribution in [3.05, 3.63) is 58.9 Å². The number of hydrogen-bond donors (Lipinski definition) is 0. The van der Waals surface area contributed by atoms with Gasteiger partial charge in [-0.25, -0.2) is 0 Å². The predicted octanol–water partition coefficient (Wildman–Crippen LogP) is 5.56. The molecule has 2 nitrogen and oxygen atoms in total. The quantitative estimate of drug-likeness (QED) is 0.256. The van der Waals surface area contributed by atoms with Crippen LogP contribution in [0.3, 0.4) is 0 Å². The van der Waals surface area contributed by atoms with Crippen LogP contribution in [0.4, 0.5) is 0 Å². The van der Waals surface area contributed by atoms with Crippen molar-refractivity contribution < 1.29 is 20.1 Å². The molecule has 2 aromatic heterocycles. The summed E-state index contributed by atoms with van der Waals surface area (Å²) in [6.07, 6.45) is 1.04. The first-order valence-corrected chi connectivity index (χ1v) is 8.68. The molecule has 25 heavy (non-hydrogen) atoms. The molecule has 131 valence electrons. The van der Waals surface area contributed by atoms with Crippen LogP contribution in [0.1, 0.15) is 36.4 Å². The largest absolute Gasteiger partial charge is 0.337 e. The summed E-state index contributed by atoms with van der Waals surface area (Å²) in [5.74, 6) is 0.598. The standard InChI is InChI=1S/C22H23N2.Ir/c1-13(2)10-20-16(5)23-22-18-9-7-6-8-17(18)19-11-14(3)15(4)12-21(19)24(20)22;/h6-8,11-13H,10H2,1-5H3;/q-1;. The maximum atomic E-state index is 4.93. The van der Waals surface area contributed by atoms with Crippen molar-refractivity contribution in [1.29, 1.82) is 0 Å². The van der Waals surface area contributed by atoms with Crippen molar-refractivity contribution in [2.45, 2.75) is 41.0 Å². The fraction of sp³-hybridized carbons (Fsp3) is 0.318. The van der Waals surface area contributed by atoms with Gasteiger partial charge in [0.1, 0.15) is 0 Å². The molecule has 0 amide bonds. The van der Waals surface area contributed by atoms with Gasteiger partial charge in [-0.1, -0.05) is 25.3 Å². The molecule has 0 bridgehead atoms. The molecule has 0 saturated carbocycles. The van der Waals surface area contributed by atoms with Gasteiger partial charge in [0.25, 0.3) is 0 Å². The Morgan fingerprint density at radius 1 is 1.08 bits per heavy atom. The van der Waals surface area contributed by atoms with Gasteiger partial charge in [-0.3, -0.25) is 4.98 Å². The SMILES string of the molecule is Cc1cc2c3ccc[c-]c3c3nc(C)c(CC(C)C)n3c2cc1C.[Ir]. The Morgan fingerprint density at radius 2 is 1.80 bits per heavy atom. The van der Waals surface area contributed by atoms with Gasteiger partial charge in [0.2, 0.25) is 0 Å². The molecule has 2 aromatic carbocycles. The van der Waals surface area contributed by atoms with E-state index in [2.05, 4.69) is 69.4 Å². The van der Waals surface area contributed by atoms with Crippen LogP contribution in [0.5, 0.6) is 0 Å². The van der Waals surface area contributed by atoms with E-state index in [4.69, 9.17) is 4.98 Å². The van der Waals surface area contributed by atoms with Gasteiger partial charge >= 0.3 is 0 Å². The fourth-order valence-electron chi connectivity index (χ4n) is 3.66. The summed E-state index contributed by atoms with van der Waals surface area (Å²) in [6, 6.07) is 14.3. The second kappa shape index (κ2) is 6.55. The van der Waals surface area contributed by atoms with Crippen molar-refractivity contribution >= 4 is 27.3 Å². The Balaban J connectivity index is 0.00000182. The number of nitrogens with zero attached hydrogens (tertiary/aromatic N) is 2. The summed E-state index contributed by atoms with van der Waals surface area (Å²) >= 11 is 0. The average molecular weight is 508 g/mol. The maximum Gasteiger partial charge on any atom is 0.0614 e. The molecule has 0 unspecified atom stereocenters. The molecule has 0 aliphatic rings. The van der Waals surface area contributed by atoms with Crippen LogP contribution in [0, 0.1) is 32.8 Å². The van der Waals surface area contributed by atoms with E-state index in [0.29, 0.717) is 5.92 Å². The third kappa shape index (κ3) is 2.80. The van der Waals surface area contributed by atoms with Crippen LogP contribution in [0.2, 0.25) is 0 Å². The van der Waals surface area contributed by atoms with E-state index in [-0.39, 0.29) is 20.1 Å². The number of rotatable bonds is 2. The Morgan fingerprint density at radius 3 is 2.52 bits per heavy atom. The molecule has 0 atom stereocenters. The third-order valence-electron chi connectivity index (χ3n) is 5.00. The Kier molecular flexibility index (Phi) is 4.74. The summed E-state index contributed by atoms with van der Waals surface area (Å²) in [4.78, 5) is 4.93. The third-order valence-corrected chi connectivity index (χ3v) is 5.00. The van der Waals surface area contributed by atoms with Gasteiger partial charge in [-0.2, -0.15) is 0 Å². The monoisotopic (exact) mass is 508 g/mol. The second-order valence-corrected chi connectivity index (χ2v) is 7.31. The summed E-state index contributed by atoms with van der Waals surface area (Å²) in [5, 5.41) is 3.65. The minimum Gasteiger partial charge on any atom is -0.337 e. The van der Waals surface area contributed by atoms with Crippen molar-refractivity contribution in [3.63, 3.8) is 0 Å². The smallest absolute Gasteiger partial charge is 0.0614 e. The van der Waals surface area contributed by atoms with E-state index in [1.165, 1.54) is 33.1 Å². The van der Waals surface area contributed by atoms with Gasteiger partial charge in [-0.15, -0.1) is 29.7 Å². The zero-order valence-corrected chi connectivity index (χ0v) is 17.8. The zero-order valence-electron chi connectivity index (χ0n) is 15.4. The number of benzene rings is 2. The molecule has 0 saturated heterocycles. The molecular weight excluding hydrogens is 484 g/mol. The van der Waals surface area contributed by atoms with Gasteiger partial charge in [-0.05, 0) is 55.7 Å². The molecule has 0 spiro atoms. The Bertz CT molecular complexity index is 1090. The van der Waals surface area contributed by atoms with Crippen LogP contribution in [-0.4, -0.2) is 9.38 Å². The molecule has 2 heterocycles. The van der Waals surface area contributed by atoms with Crippen LogP contribution in [0.25, 0.3) is 27.3 Å². The maximum absolute atomic E-state index is 4.93. The van der Waals surface area contributed by atoms with E-state index in [1.807, 2.05) is 6.07 Å². The molecule has 1 radical (unpaired) electrons. The number of aromatic nitrogens is 2. The topological polar surface area (TPSA) is 17.3 Å². The van der Waals surface area contributed by atoms with E-state index in [0.717, 1.165) is 23.1 Å². The van der Waals surface area contributed by atoms with Crippen molar-refractivity contribution in [3.8, 4) is 0 Å². The minimum atomic E-state index is 0. The van der Waals surface area contributed by atoms with Gasteiger partial charge < -0.3 is 4.40 Å². The molecule has 0 N–H and O–H groups in total. The summed E-state index contributed by atoms with van der Waals surface area (Å²) in [6.45, 7) is 11.0. The number of aryl methyl sites for hydroxylation is 3. The predicted molar refractivity (Wildman–Crippen MR) is 102 cm³/mol. The molecule has 0 aliphatic carbocycles. The van der Waals surface area contributed by atoms with Crippen LogP contribution in [-0.2, 0) is 26.5 Å². The molecule has 0 aliphatic heterocycles. The fourth-order valence-corrected chi connectivity index (χ4v) is 3.66. The van der Waals surface area contributed by atoms with Crippen molar-refractivity contribution in [1.82, 2.24) is 9.38 Å². The second-order valence-electron chi connectivity index (χ2n) is 7.31. The number of hydrogen-bond acceptors (Lipinski definition) is 1. The average Bonchev–Trinajstić information content (AvgIpc) is 2.86. The molecular formula is C22H23IrN2-. The molecule has 0 fully saturated rings. The van der Waals surface area contributed by atoms with Crippen molar-refractivity contribution in [2.24, 2.45) is 5.92 Å². The number of fused-ring (bicyclic) bond motifs is 6. The molecule has 4 aromatic rings. The van der Waals surface area contributed by atoms with Gasteiger partial charge in [0, 0.05) is 37.0 Å².